The summed E-state index contributed by atoms with van der Waals surface area (Å²) in [4.78, 5) is 12.4. The summed E-state index contributed by atoms with van der Waals surface area (Å²) in [6.45, 7) is 5.91. The molecule has 1 amide bonds. The van der Waals surface area contributed by atoms with Crippen molar-refractivity contribution in [1.82, 2.24) is 9.62 Å². The zero-order valence-electron chi connectivity index (χ0n) is 14.6. The van der Waals surface area contributed by atoms with Gasteiger partial charge in [-0.15, -0.1) is 0 Å². The third-order valence-corrected chi connectivity index (χ3v) is 6.28. The Hall–Kier alpha value is -1.40. The molecule has 6 heteroatoms. The second-order valence-corrected chi connectivity index (χ2v) is 8.54. The number of piperidine rings is 1. The highest BCUT2D eigenvalue weighted by Crippen LogP contribution is 2.23. The molecule has 1 aromatic rings. The summed E-state index contributed by atoms with van der Waals surface area (Å²) < 4.78 is 27.1. The Kier molecular flexibility index (Phi) is 6.80. The molecule has 1 aliphatic heterocycles. The maximum atomic E-state index is 12.8. The third kappa shape index (κ3) is 4.80. The van der Waals surface area contributed by atoms with Crippen molar-refractivity contribution in [1.29, 1.82) is 0 Å². The molecule has 0 saturated carbocycles. The van der Waals surface area contributed by atoms with Crippen LogP contribution in [0.4, 0.5) is 0 Å². The normalized spacial score (nSPS) is 19.2. The van der Waals surface area contributed by atoms with Crippen LogP contribution in [0, 0.1) is 5.92 Å². The van der Waals surface area contributed by atoms with E-state index in [9.17, 15) is 13.2 Å². The minimum atomic E-state index is -3.53. The van der Waals surface area contributed by atoms with Gasteiger partial charge >= 0.3 is 0 Å². The standard InChI is InChI=1S/C18H28N2O3S/c1-3-4-5-11-19-18(21)16-9-6-10-17(13-16)24(22,23)20-12-7-8-15(2)14-20/h6,9-10,13,15H,3-5,7-8,11-12,14H2,1-2H3,(H,19,21). The van der Waals surface area contributed by atoms with Crippen LogP contribution in [0.1, 0.15) is 56.3 Å². The predicted molar refractivity (Wildman–Crippen MR) is 95.5 cm³/mol. The average Bonchev–Trinajstić information content (AvgIpc) is 2.58. The van der Waals surface area contributed by atoms with E-state index in [1.54, 1.807) is 22.5 Å². The number of unbranched alkanes of at least 4 members (excludes halogenated alkanes) is 2. The van der Waals surface area contributed by atoms with Crippen molar-refractivity contribution in [3.63, 3.8) is 0 Å². The number of rotatable bonds is 7. The SMILES string of the molecule is CCCCCNC(=O)c1cccc(S(=O)(=O)N2CCCC(C)C2)c1. The predicted octanol–water partition coefficient (Wildman–Crippen LogP) is 3.03. The van der Waals surface area contributed by atoms with Gasteiger partial charge in [0.2, 0.25) is 10.0 Å². The number of carbonyl (C=O) groups is 1. The van der Waals surface area contributed by atoms with Gasteiger partial charge in [0.25, 0.3) is 5.91 Å². The van der Waals surface area contributed by atoms with E-state index in [0.717, 1.165) is 32.1 Å². The Labute approximate surface area is 145 Å². The first-order valence-electron chi connectivity index (χ1n) is 8.83. The number of benzene rings is 1. The molecule has 1 heterocycles. The Balaban J connectivity index is 2.10. The maximum Gasteiger partial charge on any atom is 0.251 e. The van der Waals surface area contributed by atoms with E-state index in [1.807, 2.05) is 0 Å². The van der Waals surface area contributed by atoms with Crippen molar-refractivity contribution >= 4 is 15.9 Å². The molecule has 0 bridgehead atoms. The van der Waals surface area contributed by atoms with Crippen molar-refractivity contribution < 1.29 is 13.2 Å². The Morgan fingerprint density at radius 3 is 2.83 bits per heavy atom. The molecule has 0 aliphatic carbocycles. The fourth-order valence-corrected chi connectivity index (χ4v) is 4.64. The number of nitrogens with one attached hydrogen (secondary N) is 1. The minimum Gasteiger partial charge on any atom is -0.352 e. The second-order valence-electron chi connectivity index (χ2n) is 6.60. The molecule has 0 aromatic heterocycles. The van der Waals surface area contributed by atoms with Crippen LogP contribution in [0.15, 0.2) is 29.2 Å². The van der Waals surface area contributed by atoms with E-state index in [-0.39, 0.29) is 10.8 Å². The fraction of sp³-hybridized carbons (Fsp3) is 0.611. The molecule has 24 heavy (non-hydrogen) atoms. The van der Waals surface area contributed by atoms with Gasteiger partial charge in [0.15, 0.2) is 0 Å². The lowest BCUT2D eigenvalue weighted by molar-refractivity contribution is 0.0952. The highest BCUT2D eigenvalue weighted by Gasteiger charge is 2.29. The molecular weight excluding hydrogens is 324 g/mol. The summed E-state index contributed by atoms with van der Waals surface area (Å²) in [5.74, 6) is 0.161. The van der Waals surface area contributed by atoms with E-state index in [2.05, 4.69) is 19.2 Å². The number of hydrogen-bond acceptors (Lipinski definition) is 3. The number of nitrogens with zero attached hydrogens (tertiary/aromatic N) is 1. The van der Waals surface area contributed by atoms with E-state index in [4.69, 9.17) is 0 Å². The van der Waals surface area contributed by atoms with Gasteiger partial charge in [-0.25, -0.2) is 8.42 Å². The van der Waals surface area contributed by atoms with E-state index >= 15 is 0 Å². The Morgan fingerprint density at radius 1 is 1.33 bits per heavy atom. The lowest BCUT2D eigenvalue weighted by Gasteiger charge is -2.30. The molecule has 0 radical (unpaired) electrons. The van der Waals surface area contributed by atoms with Gasteiger partial charge in [-0.2, -0.15) is 4.31 Å². The van der Waals surface area contributed by atoms with Crippen molar-refractivity contribution in [2.75, 3.05) is 19.6 Å². The van der Waals surface area contributed by atoms with Crippen LogP contribution >= 0.6 is 0 Å². The molecule has 134 valence electrons. The first kappa shape index (κ1) is 18.9. The van der Waals surface area contributed by atoms with Crippen molar-refractivity contribution in [2.24, 2.45) is 5.92 Å². The summed E-state index contributed by atoms with van der Waals surface area (Å²) >= 11 is 0. The van der Waals surface area contributed by atoms with E-state index in [0.29, 0.717) is 31.1 Å². The third-order valence-electron chi connectivity index (χ3n) is 4.42. The molecule has 2 rings (SSSR count). The monoisotopic (exact) mass is 352 g/mol. The summed E-state index contributed by atoms with van der Waals surface area (Å²) in [5, 5.41) is 2.85. The summed E-state index contributed by atoms with van der Waals surface area (Å²) in [6, 6.07) is 6.36. The van der Waals surface area contributed by atoms with Gasteiger partial charge < -0.3 is 5.32 Å². The average molecular weight is 353 g/mol. The van der Waals surface area contributed by atoms with Crippen LogP contribution in [-0.4, -0.2) is 38.3 Å². The smallest absolute Gasteiger partial charge is 0.251 e. The van der Waals surface area contributed by atoms with Crippen LogP contribution in [-0.2, 0) is 10.0 Å². The van der Waals surface area contributed by atoms with Crippen molar-refractivity contribution in [2.45, 2.75) is 50.8 Å². The number of hydrogen-bond donors (Lipinski definition) is 1. The zero-order valence-corrected chi connectivity index (χ0v) is 15.4. The topological polar surface area (TPSA) is 66.5 Å². The Morgan fingerprint density at radius 2 is 2.12 bits per heavy atom. The first-order chi connectivity index (χ1) is 11.4. The maximum absolute atomic E-state index is 12.8. The molecule has 1 N–H and O–H groups in total. The molecule has 1 saturated heterocycles. The number of sulfonamides is 1. The minimum absolute atomic E-state index is 0.206. The van der Waals surface area contributed by atoms with Gasteiger partial charge in [-0.3, -0.25) is 4.79 Å². The van der Waals surface area contributed by atoms with Crippen LogP contribution in [0.2, 0.25) is 0 Å². The van der Waals surface area contributed by atoms with Crippen molar-refractivity contribution in [3.05, 3.63) is 29.8 Å². The molecule has 1 fully saturated rings. The molecule has 1 aliphatic rings. The first-order valence-corrected chi connectivity index (χ1v) is 10.3. The van der Waals surface area contributed by atoms with Crippen LogP contribution in [0.25, 0.3) is 0 Å². The molecule has 1 unspecified atom stereocenters. The zero-order chi connectivity index (χ0) is 17.6. The summed E-state index contributed by atoms with van der Waals surface area (Å²) in [6.07, 6.45) is 5.05. The van der Waals surface area contributed by atoms with Gasteiger partial charge in [-0.1, -0.05) is 32.8 Å². The number of amides is 1. The highest BCUT2D eigenvalue weighted by molar-refractivity contribution is 7.89. The molecule has 1 aromatic carbocycles. The fourth-order valence-electron chi connectivity index (χ4n) is 2.99. The Bertz CT molecular complexity index is 658. The van der Waals surface area contributed by atoms with Crippen molar-refractivity contribution in [3.8, 4) is 0 Å². The lowest BCUT2D eigenvalue weighted by atomic mass is 10.0. The largest absolute Gasteiger partial charge is 0.352 e. The summed E-state index contributed by atoms with van der Waals surface area (Å²) in [7, 11) is -3.53. The quantitative estimate of drug-likeness (QED) is 0.767. The van der Waals surface area contributed by atoms with E-state index in [1.165, 1.54) is 6.07 Å². The van der Waals surface area contributed by atoms with Crippen LogP contribution in [0.3, 0.4) is 0 Å². The van der Waals surface area contributed by atoms with Crippen LogP contribution in [0.5, 0.6) is 0 Å². The molecule has 0 spiro atoms. The van der Waals surface area contributed by atoms with Gasteiger partial charge in [0.1, 0.15) is 0 Å². The molecule has 1 atom stereocenters. The van der Waals surface area contributed by atoms with Gasteiger partial charge in [0.05, 0.1) is 4.90 Å². The molecular formula is C18H28N2O3S. The van der Waals surface area contributed by atoms with Gasteiger partial charge in [0, 0.05) is 25.2 Å². The van der Waals surface area contributed by atoms with Crippen LogP contribution < -0.4 is 5.32 Å². The summed E-state index contributed by atoms with van der Waals surface area (Å²) in [5.41, 5.74) is 0.401. The second kappa shape index (κ2) is 8.62. The lowest BCUT2D eigenvalue weighted by Crippen LogP contribution is -2.39. The van der Waals surface area contributed by atoms with Gasteiger partial charge in [-0.05, 0) is 43.4 Å². The van der Waals surface area contributed by atoms with E-state index < -0.39 is 10.0 Å². The highest BCUT2D eigenvalue weighted by atomic mass is 32.2. The number of carbonyl (C=O) groups excluding carboxylic acids is 1. The molecule has 5 nitrogen and oxygen atoms in total.